The summed E-state index contributed by atoms with van der Waals surface area (Å²) in [6.45, 7) is 2.83. The number of aliphatic hydroxyl groups excluding tert-OH is 1. The molecule has 1 aromatic heterocycles. The quantitative estimate of drug-likeness (QED) is 0.886. The molecule has 1 aliphatic rings. The van der Waals surface area contributed by atoms with Gasteiger partial charge < -0.3 is 9.84 Å². The first-order valence-corrected chi connectivity index (χ1v) is 6.43. The van der Waals surface area contributed by atoms with E-state index >= 15 is 0 Å². The summed E-state index contributed by atoms with van der Waals surface area (Å²) in [4.78, 5) is 5.60. The molecule has 0 aliphatic carbocycles. The molecular weight excluding hydrogens is 234 g/mol. The van der Waals surface area contributed by atoms with Gasteiger partial charge in [-0.2, -0.15) is 0 Å². The molecule has 1 aromatic carbocycles. The van der Waals surface area contributed by atoms with Crippen molar-refractivity contribution in [2.24, 2.45) is 0 Å². The second-order valence-electron chi connectivity index (χ2n) is 4.09. The van der Waals surface area contributed by atoms with Crippen LogP contribution in [0.2, 0.25) is 0 Å². The summed E-state index contributed by atoms with van der Waals surface area (Å²) in [6, 6.07) is 6.19. The van der Waals surface area contributed by atoms with Gasteiger partial charge in [0.15, 0.2) is 0 Å². The number of thiazole rings is 1. The van der Waals surface area contributed by atoms with Gasteiger partial charge in [0.2, 0.25) is 0 Å². The Labute approximate surface area is 104 Å². The molecule has 0 fully saturated rings. The Morgan fingerprint density at radius 2 is 2.35 bits per heavy atom. The molecule has 0 amide bonds. The fraction of sp³-hybridized carbons (Fsp3) is 0.308. The van der Waals surface area contributed by atoms with E-state index in [2.05, 4.69) is 11.1 Å². The van der Waals surface area contributed by atoms with E-state index < -0.39 is 0 Å². The van der Waals surface area contributed by atoms with E-state index in [1.807, 2.05) is 19.1 Å². The zero-order chi connectivity index (χ0) is 11.8. The van der Waals surface area contributed by atoms with Crippen LogP contribution in [-0.4, -0.2) is 16.7 Å². The molecule has 88 valence electrons. The van der Waals surface area contributed by atoms with Gasteiger partial charge in [0.05, 0.1) is 18.9 Å². The van der Waals surface area contributed by atoms with Crippen molar-refractivity contribution in [3.05, 3.63) is 33.6 Å². The molecule has 17 heavy (non-hydrogen) atoms. The van der Waals surface area contributed by atoms with Crippen LogP contribution in [0.3, 0.4) is 0 Å². The van der Waals surface area contributed by atoms with Crippen LogP contribution < -0.4 is 4.74 Å². The normalized spacial score (nSPS) is 13.5. The minimum absolute atomic E-state index is 0.0135. The summed E-state index contributed by atoms with van der Waals surface area (Å²) in [5, 5.41) is 9.88. The number of aliphatic hydroxyl groups is 1. The summed E-state index contributed by atoms with van der Waals surface area (Å²) in [5.41, 5.74) is 3.34. The fourth-order valence-corrected chi connectivity index (χ4v) is 2.94. The molecule has 0 spiro atoms. The Kier molecular flexibility index (Phi) is 2.61. The highest BCUT2D eigenvalue weighted by molar-refractivity contribution is 7.12. The number of aromatic nitrogens is 1. The van der Waals surface area contributed by atoms with E-state index in [-0.39, 0.29) is 6.61 Å². The SMILES string of the molecule is Cc1sc(CO)nc1-c1ccc2c(c1)CCO2. The van der Waals surface area contributed by atoms with E-state index in [1.54, 1.807) is 11.3 Å². The van der Waals surface area contributed by atoms with Gasteiger partial charge in [0.1, 0.15) is 10.8 Å². The Bertz CT molecular complexity index is 563. The van der Waals surface area contributed by atoms with Gasteiger partial charge in [-0.15, -0.1) is 11.3 Å². The Hall–Kier alpha value is -1.39. The van der Waals surface area contributed by atoms with Crippen molar-refractivity contribution in [3.8, 4) is 17.0 Å². The van der Waals surface area contributed by atoms with Crippen molar-refractivity contribution in [1.82, 2.24) is 4.98 Å². The maximum absolute atomic E-state index is 9.11. The van der Waals surface area contributed by atoms with Gasteiger partial charge in [0.25, 0.3) is 0 Å². The number of fused-ring (bicyclic) bond motifs is 1. The maximum Gasteiger partial charge on any atom is 0.122 e. The Morgan fingerprint density at radius 1 is 1.47 bits per heavy atom. The van der Waals surface area contributed by atoms with Crippen LogP contribution >= 0.6 is 11.3 Å². The summed E-state index contributed by atoms with van der Waals surface area (Å²) in [5.74, 6) is 0.990. The smallest absolute Gasteiger partial charge is 0.122 e. The molecule has 0 saturated carbocycles. The van der Waals surface area contributed by atoms with Crippen molar-refractivity contribution in [2.75, 3.05) is 6.61 Å². The van der Waals surface area contributed by atoms with Crippen LogP contribution in [0.15, 0.2) is 18.2 Å². The van der Waals surface area contributed by atoms with Crippen molar-refractivity contribution < 1.29 is 9.84 Å². The highest BCUT2D eigenvalue weighted by Crippen LogP contribution is 2.33. The molecule has 0 atom stereocenters. The monoisotopic (exact) mass is 247 g/mol. The average molecular weight is 247 g/mol. The van der Waals surface area contributed by atoms with Crippen LogP contribution in [0, 0.1) is 6.92 Å². The summed E-state index contributed by atoms with van der Waals surface area (Å²) >= 11 is 1.55. The van der Waals surface area contributed by atoms with Crippen molar-refractivity contribution in [1.29, 1.82) is 0 Å². The third-order valence-corrected chi connectivity index (χ3v) is 3.89. The van der Waals surface area contributed by atoms with Gasteiger partial charge >= 0.3 is 0 Å². The third kappa shape index (κ3) is 1.83. The average Bonchev–Trinajstić information content (AvgIpc) is 2.93. The van der Waals surface area contributed by atoms with Gasteiger partial charge in [0, 0.05) is 16.9 Å². The van der Waals surface area contributed by atoms with Crippen LogP contribution in [0.4, 0.5) is 0 Å². The Balaban J connectivity index is 2.06. The lowest BCUT2D eigenvalue weighted by Gasteiger charge is -2.02. The highest BCUT2D eigenvalue weighted by Gasteiger charge is 2.15. The summed E-state index contributed by atoms with van der Waals surface area (Å²) in [7, 11) is 0. The van der Waals surface area contributed by atoms with Gasteiger partial charge in [-0.3, -0.25) is 0 Å². The number of nitrogens with zero attached hydrogens (tertiary/aromatic N) is 1. The molecule has 1 N–H and O–H groups in total. The minimum Gasteiger partial charge on any atom is -0.493 e. The van der Waals surface area contributed by atoms with E-state index in [0.29, 0.717) is 0 Å². The molecule has 3 nitrogen and oxygen atoms in total. The highest BCUT2D eigenvalue weighted by atomic mass is 32.1. The Morgan fingerprint density at radius 3 is 3.12 bits per heavy atom. The first kappa shape index (κ1) is 10.7. The van der Waals surface area contributed by atoms with Gasteiger partial charge in [-0.05, 0) is 30.7 Å². The van der Waals surface area contributed by atoms with E-state index in [0.717, 1.165) is 39.9 Å². The lowest BCUT2D eigenvalue weighted by molar-refractivity contribution is 0.281. The first-order valence-electron chi connectivity index (χ1n) is 5.61. The van der Waals surface area contributed by atoms with Crippen LogP contribution in [0.25, 0.3) is 11.3 Å². The molecular formula is C13H13NO2S. The van der Waals surface area contributed by atoms with Gasteiger partial charge in [-0.25, -0.2) is 4.98 Å². The van der Waals surface area contributed by atoms with Crippen LogP contribution in [0.1, 0.15) is 15.4 Å². The van der Waals surface area contributed by atoms with Gasteiger partial charge in [-0.1, -0.05) is 0 Å². The van der Waals surface area contributed by atoms with E-state index in [1.165, 1.54) is 5.56 Å². The third-order valence-electron chi connectivity index (χ3n) is 2.94. The zero-order valence-corrected chi connectivity index (χ0v) is 10.4. The molecule has 4 heteroatoms. The topological polar surface area (TPSA) is 42.4 Å². The molecule has 2 aromatic rings. The number of aryl methyl sites for hydroxylation is 1. The number of hydrogen-bond acceptors (Lipinski definition) is 4. The molecule has 1 aliphatic heterocycles. The zero-order valence-electron chi connectivity index (χ0n) is 9.56. The second-order valence-corrected chi connectivity index (χ2v) is 5.38. The summed E-state index contributed by atoms with van der Waals surface area (Å²) in [6.07, 6.45) is 0.971. The fourth-order valence-electron chi connectivity index (χ4n) is 2.12. The lowest BCUT2D eigenvalue weighted by atomic mass is 10.1. The van der Waals surface area contributed by atoms with Crippen molar-refractivity contribution >= 4 is 11.3 Å². The largest absolute Gasteiger partial charge is 0.493 e. The summed E-state index contributed by atoms with van der Waals surface area (Å²) < 4.78 is 5.49. The molecule has 2 heterocycles. The van der Waals surface area contributed by atoms with Crippen molar-refractivity contribution in [3.63, 3.8) is 0 Å². The number of ether oxygens (including phenoxy) is 1. The number of benzene rings is 1. The van der Waals surface area contributed by atoms with E-state index in [9.17, 15) is 0 Å². The predicted octanol–water partition coefficient (Wildman–Crippen LogP) is 2.55. The number of hydrogen-bond donors (Lipinski definition) is 1. The second kappa shape index (κ2) is 4.13. The maximum atomic E-state index is 9.11. The van der Waals surface area contributed by atoms with E-state index in [4.69, 9.17) is 9.84 Å². The molecule has 3 rings (SSSR count). The molecule has 0 radical (unpaired) electrons. The van der Waals surface area contributed by atoms with Crippen LogP contribution in [-0.2, 0) is 13.0 Å². The minimum atomic E-state index is 0.0135. The first-order chi connectivity index (χ1) is 8.28. The van der Waals surface area contributed by atoms with Crippen LogP contribution in [0.5, 0.6) is 5.75 Å². The number of rotatable bonds is 2. The lowest BCUT2D eigenvalue weighted by Crippen LogP contribution is -1.85. The molecule has 0 bridgehead atoms. The van der Waals surface area contributed by atoms with Crippen molar-refractivity contribution in [2.45, 2.75) is 20.0 Å². The molecule has 0 unspecified atom stereocenters. The molecule has 0 saturated heterocycles. The predicted molar refractivity (Wildman–Crippen MR) is 67.4 cm³/mol. The standard InChI is InChI=1S/C13H13NO2S/c1-8-13(14-12(7-15)17-8)10-2-3-11-9(6-10)4-5-16-11/h2-3,6,15H,4-5,7H2,1H3.